The van der Waals surface area contributed by atoms with Crippen LogP contribution in [0.25, 0.3) is 0 Å². The summed E-state index contributed by atoms with van der Waals surface area (Å²) in [6.07, 6.45) is 5.43. The highest BCUT2D eigenvalue weighted by Gasteiger charge is 2.36. The molecule has 35 heavy (non-hydrogen) atoms. The lowest BCUT2D eigenvalue weighted by Crippen LogP contribution is -2.51. The van der Waals surface area contributed by atoms with Crippen LogP contribution in [-0.4, -0.2) is 75.4 Å². The molecule has 3 aromatic rings. The van der Waals surface area contributed by atoms with Crippen molar-refractivity contribution in [1.82, 2.24) is 19.4 Å². The van der Waals surface area contributed by atoms with E-state index in [1.165, 1.54) is 0 Å². The van der Waals surface area contributed by atoms with Gasteiger partial charge in [-0.3, -0.25) is 9.69 Å². The zero-order valence-electron chi connectivity index (χ0n) is 20.5. The molecule has 0 unspecified atom stereocenters. The molecule has 4 rings (SSSR count). The number of aryl methyl sites for hydroxylation is 1. The van der Waals surface area contributed by atoms with Gasteiger partial charge >= 0.3 is 0 Å². The number of nitrogens with zero attached hydrogens (tertiary/aromatic N) is 4. The van der Waals surface area contributed by atoms with Gasteiger partial charge < -0.3 is 24.0 Å². The number of carbonyl (C=O) groups excluding carboxylic acids is 1. The molecule has 0 saturated carbocycles. The predicted octanol–water partition coefficient (Wildman–Crippen LogP) is 2.74. The van der Waals surface area contributed by atoms with E-state index in [-0.39, 0.29) is 19.1 Å². The van der Waals surface area contributed by atoms with Gasteiger partial charge in [-0.2, -0.15) is 0 Å². The van der Waals surface area contributed by atoms with Gasteiger partial charge in [-0.25, -0.2) is 4.98 Å². The minimum absolute atomic E-state index is 0.0473. The minimum atomic E-state index is -1.19. The normalized spacial score (nSPS) is 18.8. The van der Waals surface area contributed by atoms with Gasteiger partial charge in [-0.05, 0) is 36.8 Å². The van der Waals surface area contributed by atoms with Crippen LogP contribution < -0.4 is 9.47 Å². The lowest BCUT2D eigenvalue weighted by atomic mass is 10.0. The molecule has 2 aromatic carbocycles. The molecule has 1 atom stereocenters. The summed E-state index contributed by atoms with van der Waals surface area (Å²) in [5.74, 6) is 1.46. The Morgan fingerprint density at radius 2 is 1.91 bits per heavy atom. The van der Waals surface area contributed by atoms with E-state index in [1.54, 1.807) is 24.3 Å². The Labute approximate surface area is 206 Å². The van der Waals surface area contributed by atoms with E-state index < -0.39 is 5.60 Å². The van der Waals surface area contributed by atoms with Crippen molar-refractivity contribution in [3.63, 3.8) is 0 Å². The van der Waals surface area contributed by atoms with Crippen molar-refractivity contribution in [1.29, 1.82) is 0 Å². The highest BCUT2D eigenvalue weighted by Crippen LogP contribution is 2.21. The van der Waals surface area contributed by atoms with Crippen molar-refractivity contribution in [2.24, 2.45) is 0 Å². The Hall–Kier alpha value is -3.36. The maximum atomic E-state index is 12.2. The maximum Gasteiger partial charge on any atom is 0.219 e. The van der Waals surface area contributed by atoms with E-state index >= 15 is 0 Å². The monoisotopic (exact) mass is 478 g/mol. The smallest absolute Gasteiger partial charge is 0.219 e. The third-order valence-corrected chi connectivity index (χ3v) is 6.15. The van der Waals surface area contributed by atoms with Crippen LogP contribution in [0.1, 0.15) is 18.1 Å². The number of aromatic nitrogens is 2. The fourth-order valence-corrected chi connectivity index (χ4v) is 4.27. The number of hydrogen-bond acceptors (Lipinski definition) is 6. The highest BCUT2D eigenvalue weighted by atomic mass is 16.5. The quantitative estimate of drug-likeness (QED) is 0.510. The summed E-state index contributed by atoms with van der Waals surface area (Å²) < 4.78 is 13.8. The Morgan fingerprint density at radius 1 is 1.09 bits per heavy atom. The summed E-state index contributed by atoms with van der Waals surface area (Å²) in [5, 5.41) is 11.5. The molecule has 2 heterocycles. The summed E-state index contributed by atoms with van der Waals surface area (Å²) >= 11 is 0. The van der Waals surface area contributed by atoms with Crippen LogP contribution in [0.2, 0.25) is 0 Å². The van der Waals surface area contributed by atoms with Crippen molar-refractivity contribution in [3.05, 3.63) is 78.4 Å². The summed E-state index contributed by atoms with van der Waals surface area (Å²) in [6, 6.07) is 15.8. The molecular formula is C27H34N4O4. The van der Waals surface area contributed by atoms with Crippen LogP contribution in [0.5, 0.6) is 11.5 Å². The van der Waals surface area contributed by atoms with Crippen LogP contribution in [0.4, 0.5) is 0 Å². The Balaban J connectivity index is 1.39. The van der Waals surface area contributed by atoms with E-state index in [2.05, 4.69) is 16.0 Å². The fraction of sp³-hybridized carbons (Fsp3) is 0.407. The van der Waals surface area contributed by atoms with E-state index in [4.69, 9.17) is 9.47 Å². The molecule has 1 aliphatic heterocycles. The molecule has 8 heteroatoms. The summed E-state index contributed by atoms with van der Waals surface area (Å²) in [6.45, 7) is 7.44. The van der Waals surface area contributed by atoms with Crippen molar-refractivity contribution in [2.45, 2.75) is 32.5 Å². The van der Waals surface area contributed by atoms with Crippen molar-refractivity contribution >= 4 is 5.91 Å². The molecule has 0 aliphatic carbocycles. The number of benzene rings is 2. The second kappa shape index (κ2) is 11.4. The van der Waals surface area contributed by atoms with Crippen LogP contribution >= 0.6 is 0 Å². The first-order chi connectivity index (χ1) is 16.9. The van der Waals surface area contributed by atoms with Gasteiger partial charge in [0.15, 0.2) is 0 Å². The molecule has 0 spiro atoms. The lowest BCUT2D eigenvalue weighted by molar-refractivity contribution is -0.132. The molecule has 1 amide bonds. The average Bonchev–Trinajstić information content (AvgIpc) is 3.29. The fourth-order valence-electron chi connectivity index (χ4n) is 4.27. The van der Waals surface area contributed by atoms with Crippen LogP contribution in [0.3, 0.4) is 0 Å². The van der Waals surface area contributed by atoms with Gasteiger partial charge in [-0.15, -0.1) is 0 Å². The van der Waals surface area contributed by atoms with Crippen molar-refractivity contribution < 1.29 is 19.4 Å². The lowest BCUT2D eigenvalue weighted by Gasteiger charge is -2.32. The first kappa shape index (κ1) is 24.8. The maximum absolute atomic E-state index is 12.2. The molecule has 0 bridgehead atoms. The van der Waals surface area contributed by atoms with Gasteiger partial charge in [0.2, 0.25) is 5.91 Å². The molecular weight excluding hydrogens is 444 g/mol. The number of amides is 1. The highest BCUT2D eigenvalue weighted by molar-refractivity contribution is 5.73. The summed E-state index contributed by atoms with van der Waals surface area (Å²) in [5.41, 5.74) is 1.04. The van der Waals surface area contributed by atoms with Crippen LogP contribution in [-0.2, 0) is 17.9 Å². The molecule has 1 saturated heterocycles. The SMILES string of the molecule is CC(=O)N1CCN(Cc2cccc(OCCn3ccnc3)c2)C[C@@](O)(COc2ccc(C)cc2)C1. The molecule has 1 aromatic heterocycles. The van der Waals surface area contributed by atoms with Gasteiger partial charge in [0.1, 0.15) is 30.3 Å². The molecule has 1 N–H and O–H groups in total. The Kier molecular flexibility index (Phi) is 8.05. The number of aliphatic hydroxyl groups is 1. The van der Waals surface area contributed by atoms with E-state index in [0.717, 1.165) is 23.4 Å². The minimum Gasteiger partial charge on any atom is -0.492 e. The zero-order chi connectivity index (χ0) is 24.7. The van der Waals surface area contributed by atoms with Gasteiger partial charge in [-0.1, -0.05) is 29.8 Å². The van der Waals surface area contributed by atoms with Crippen molar-refractivity contribution in [3.8, 4) is 11.5 Å². The number of imidazole rings is 1. The molecule has 1 aliphatic rings. The summed E-state index contributed by atoms with van der Waals surface area (Å²) in [4.78, 5) is 20.1. The topological polar surface area (TPSA) is 80.1 Å². The van der Waals surface area contributed by atoms with E-state index in [9.17, 15) is 9.90 Å². The second-order valence-electron chi connectivity index (χ2n) is 9.27. The van der Waals surface area contributed by atoms with Gasteiger partial charge in [0.25, 0.3) is 0 Å². The standard InChI is InChI=1S/C27H34N4O4/c1-22-6-8-25(9-7-22)35-20-27(33)18-30(12-13-31(19-27)23(2)32)17-24-4-3-5-26(16-24)34-15-14-29-11-10-28-21-29/h3-11,16,21,33H,12-15,17-20H2,1-2H3/t27-/m0/s1. The number of hydrogen-bond donors (Lipinski definition) is 1. The number of carbonyl (C=O) groups is 1. The Bertz CT molecular complexity index is 1090. The van der Waals surface area contributed by atoms with E-state index in [0.29, 0.717) is 38.5 Å². The van der Waals surface area contributed by atoms with Crippen LogP contribution in [0.15, 0.2) is 67.3 Å². The van der Waals surface area contributed by atoms with Gasteiger partial charge in [0, 0.05) is 45.5 Å². The zero-order valence-corrected chi connectivity index (χ0v) is 20.5. The first-order valence-corrected chi connectivity index (χ1v) is 12.0. The Morgan fingerprint density at radius 3 is 2.66 bits per heavy atom. The van der Waals surface area contributed by atoms with E-state index in [1.807, 2.05) is 60.2 Å². The first-order valence-electron chi connectivity index (χ1n) is 12.0. The van der Waals surface area contributed by atoms with Gasteiger partial charge in [0.05, 0.1) is 19.4 Å². The molecule has 186 valence electrons. The third-order valence-electron chi connectivity index (χ3n) is 6.15. The largest absolute Gasteiger partial charge is 0.492 e. The molecule has 1 fully saturated rings. The number of β-amino-alcohol motifs (C(OH)–C–C–N with tert-alkyl or cyclic N) is 1. The molecule has 0 radical (unpaired) electrons. The number of ether oxygens (including phenoxy) is 2. The second-order valence-corrected chi connectivity index (χ2v) is 9.27. The molecule has 8 nitrogen and oxygen atoms in total. The van der Waals surface area contributed by atoms with Crippen molar-refractivity contribution in [2.75, 3.05) is 39.4 Å². The predicted molar refractivity (Wildman–Crippen MR) is 133 cm³/mol. The number of rotatable bonds is 9. The van der Waals surface area contributed by atoms with Crippen LogP contribution in [0, 0.1) is 6.92 Å². The average molecular weight is 479 g/mol. The third kappa shape index (κ3) is 7.31. The summed E-state index contributed by atoms with van der Waals surface area (Å²) in [7, 11) is 0.